The molecule has 3 aromatic carbocycles. The van der Waals surface area contributed by atoms with E-state index in [1.54, 1.807) is 19.2 Å². The van der Waals surface area contributed by atoms with E-state index in [4.69, 9.17) is 4.74 Å². The van der Waals surface area contributed by atoms with Gasteiger partial charge in [0.15, 0.2) is 5.78 Å². The Kier molecular flexibility index (Phi) is 5.88. The largest absolute Gasteiger partial charge is 0.573 e. The highest BCUT2D eigenvalue weighted by Gasteiger charge is 2.36. The number of ketones is 1. The molecule has 2 atom stereocenters. The number of methoxy groups -OCH3 is 1. The molecule has 0 radical (unpaired) electrons. The van der Waals surface area contributed by atoms with E-state index >= 15 is 0 Å². The molecule has 1 heterocycles. The number of rotatable bonds is 4. The Morgan fingerprint density at radius 2 is 1.46 bits per heavy atom. The summed E-state index contributed by atoms with van der Waals surface area (Å²) in [4.78, 5) is 13.5. The van der Waals surface area contributed by atoms with Gasteiger partial charge in [0, 0.05) is 17.7 Å². The quantitative estimate of drug-likeness (QED) is 0.442. The molecule has 0 aromatic heterocycles. The number of para-hydroxylation sites is 2. The van der Waals surface area contributed by atoms with Crippen LogP contribution in [0, 0.1) is 0 Å². The lowest BCUT2D eigenvalue weighted by Crippen LogP contribution is -2.26. The molecule has 3 aromatic rings. The summed E-state index contributed by atoms with van der Waals surface area (Å²) in [6.07, 6.45) is -3.82. The number of carbonyl (C=O) groups is 1. The Morgan fingerprint density at radius 3 is 2.11 bits per heavy atom. The maximum absolute atomic E-state index is 13.5. The molecular weight excluding hydrogens is 457 g/mol. The average molecular weight is 480 g/mol. The Labute approximate surface area is 200 Å². The minimum Gasteiger partial charge on any atom is -0.497 e. The van der Waals surface area contributed by atoms with Gasteiger partial charge in [0.1, 0.15) is 11.5 Å². The number of fused-ring (bicyclic) bond motifs is 1. The fourth-order valence-corrected chi connectivity index (χ4v) is 4.72. The third kappa shape index (κ3) is 4.82. The van der Waals surface area contributed by atoms with Crippen LogP contribution in [-0.2, 0) is 4.79 Å². The van der Waals surface area contributed by atoms with Gasteiger partial charge in [0.2, 0.25) is 0 Å². The molecule has 8 heteroatoms. The van der Waals surface area contributed by atoms with Crippen LogP contribution in [0.3, 0.4) is 0 Å². The second-order valence-electron chi connectivity index (χ2n) is 8.56. The van der Waals surface area contributed by atoms with Gasteiger partial charge in [-0.2, -0.15) is 0 Å². The SMILES string of the molecule is COc1ccc([C@@H]2CC(=O)C3=C(C2)Nc2ccccc2N[C@H]3c2ccc(OC(F)(F)F)cc2)cc1. The van der Waals surface area contributed by atoms with Crippen molar-refractivity contribution >= 4 is 17.2 Å². The van der Waals surface area contributed by atoms with Gasteiger partial charge in [-0.05, 0) is 59.9 Å². The Morgan fingerprint density at radius 1 is 0.829 bits per heavy atom. The van der Waals surface area contributed by atoms with Crippen LogP contribution in [-0.4, -0.2) is 19.3 Å². The van der Waals surface area contributed by atoms with E-state index in [1.165, 1.54) is 12.1 Å². The molecule has 180 valence electrons. The molecule has 2 N–H and O–H groups in total. The fraction of sp³-hybridized carbons (Fsp3) is 0.222. The van der Waals surface area contributed by atoms with Gasteiger partial charge >= 0.3 is 6.36 Å². The van der Waals surface area contributed by atoms with Crippen LogP contribution in [0.25, 0.3) is 0 Å². The van der Waals surface area contributed by atoms with E-state index in [1.807, 2.05) is 48.5 Å². The zero-order valence-corrected chi connectivity index (χ0v) is 18.9. The van der Waals surface area contributed by atoms with Crippen molar-refractivity contribution in [2.45, 2.75) is 31.2 Å². The van der Waals surface area contributed by atoms with Gasteiger partial charge in [-0.25, -0.2) is 0 Å². The number of alkyl halides is 3. The average Bonchev–Trinajstić information content (AvgIpc) is 3.00. The predicted octanol–water partition coefficient (Wildman–Crippen LogP) is 6.57. The van der Waals surface area contributed by atoms with Crippen molar-refractivity contribution in [1.29, 1.82) is 0 Å². The summed E-state index contributed by atoms with van der Waals surface area (Å²) in [7, 11) is 1.61. The van der Waals surface area contributed by atoms with E-state index < -0.39 is 12.4 Å². The van der Waals surface area contributed by atoms with E-state index in [2.05, 4.69) is 15.4 Å². The van der Waals surface area contributed by atoms with E-state index in [9.17, 15) is 18.0 Å². The number of Topliss-reactive ketones (excluding diaryl/α,β-unsaturated/α-hetero) is 1. The van der Waals surface area contributed by atoms with Crippen LogP contribution in [0.1, 0.15) is 35.9 Å². The molecular formula is C27H23F3N2O3. The maximum Gasteiger partial charge on any atom is 0.573 e. The monoisotopic (exact) mass is 480 g/mol. The lowest BCUT2D eigenvalue weighted by molar-refractivity contribution is -0.274. The van der Waals surface area contributed by atoms with Gasteiger partial charge < -0.3 is 20.1 Å². The molecule has 5 nitrogen and oxygen atoms in total. The first-order chi connectivity index (χ1) is 16.8. The second kappa shape index (κ2) is 9.02. The number of allylic oxidation sites excluding steroid dienone is 1. The summed E-state index contributed by atoms with van der Waals surface area (Å²) in [5, 5.41) is 6.88. The van der Waals surface area contributed by atoms with Crippen molar-refractivity contribution in [2.75, 3.05) is 17.7 Å². The molecule has 0 saturated carbocycles. The molecule has 0 bridgehead atoms. The molecule has 35 heavy (non-hydrogen) atoms. The molecule has 0 unspecified atom stereocenters. The predicted molar refractivity (Wildman–Crippen MR) is 127 cm³/mol. The summed E-state index contributed by atoms with van der Waals surface area (Å²) in [5.74, 6) is 0.422. The van der Waals surface area contributed by atoms with Gasteiger partial charge in [-0.3, -0.25) is 4.79 Å². The molecule has 0 fully saturated rings. The molecule has 0 amide bonds. The van der Waals surface area contributed by atoms with Crippen LogP contribution in [0.15, 0.2) is 84.1 Å². The smallest absolute Gasteiger partial charge is 0.497 e. The highest BCUT2D eigenvalue weighted by atomic mass is 19.4. The Bertz CT molecular complexity index is 1270. The number of hydrogen-bond acceptors (Lipinski definition) is 5. The van der Waals surface area contributed by atoms with Gasteiger partial charge in [0.05, 0.1) is 24.5 Å². The molecule has 2 aliphatic rings. The lowest BCUT2D eigenvalue weighted by atomic mass is 9.78. The van der Waals surface area contributed by atoms with Gasteiger partial charge in [-0.1, -0.05) is 36.4 Å². The third-order valence-corrected chi connectivity index (χ3v) is 6.34. The number of anilines is 2. The highest BCUT2D eigenvalue weighted by molar-refractivity contribution is 6.01. The minimum absolute atomic E-state index is 0.00636. The number of nitrogens with one attached hydrogen (secondary N) is 2. The number of benzene rings is 3. The van der Waals surface area contributed by atoms with E-state index in [0.717, 1.165) is 28.4 Å². The van der Waals surface area contributed by atoms with Crippen molar-refractivity contribution in [3.63, 3.8) is 0 Å². The summed E-state index contributed by atoms with van der Waals surface area (Å²) in [6, 6.07) is 20.5. The normalized spacial score (nSPS) is 19.6. The molecule has 0 saturated heterocycles. The van der Waals surface area contributed by atoms with E-state index in [0.29, 0.717) is 24.0 Å². The van der Waals surface area contributed by atoms with Gasteiger partial charge in [-0.15, -0.1) is 13.2 Å². The van der Waals surface area contributed by atoms with Crippen LogP contribution in [0.5, 0.6) is 11.5 Å². The zero-order chi connectivity index (χ0) is 24.6. The molecule has 0 spiro atoms. The summed E-state index contributed by atoms with van der Waals surface area (Å²) in [6.45, 7) is 0. The van der Waals surface area contributed by atoms with Crippen LogP contribution in [0.4, 0.5) is 24.5 Å². The maximum atomic E-state index is 13.5. The van der Waals surface area contributed by atoms with Crippen molar-refractivity contribution in [3.8, 4) is 11.5 Å². The Balaban J connectivity index is 1.52. The molecule has 1 aliphatic carbocycles. The van der Waals surface area contributed by atoms with Crippen LogP contribution < -0.4 is 20.1 Å². The molecule has 5 rings (SSSR count). The van der Waals surface area contributed by atoms with Crippen molar-refractivity contribution in [2.24, 2.45) is 0 Å². The lowest BCUT2D eigenvalue weighted by Gasteiger charge is -2.30. The number of hydrogen-bond donors (Lipinski definition) is 2. The minimum atomic E-state index is -4.77. The number of carbonyl (C=O) groups excluding carboxylic acids is 1. The van der Waals surface area contributed by atoms with Crippen molar-refractivity contribution in [1.82, 2.24) is 0 Å². The number of halogens is 3. The van der Waals surface area contributed by atoms with Crippen molar-refractivity contribution < 1.29 is 27.4 Å². The fourth-order valence-electron chi connectivity index (χ4n) is 4.72. The molecule has 1 aliphatic heterocycles. The van der Waals surface area contributed by atoms with Crippen molar-refractivity contribution in [3.05, 3.63) is 95.2 Å². The summed E-state index contributed by atoms with van der Waals surface area (Å²) in [5.41, 5.74) is 4.75. The topological polar surface area (TPSA) is 59.6 Å². The first-order valence-electron chi connectivity index (χ1n) is 11.2. The van der Waals surface area contributed by atoms with Crippen LogP contribution in [0.2, 0.25) is 0 Å². The standard InChI is InChI=1S/C27H23F3N2O3/c1-34-19-10-6-16(7-11-19)18-14-23-25(24(33)15-18)26(32-22-5-3-2-4-21(22)31-23)17-8-12-20(13-9-17)35-27(28,29)30/h2-13,18,26,31-32H,14-15H2,1H3/t18-,26-/m0/s1. The first kappa shape index (κ1) is 22.8. The number of ether oxygens (including phenoxy) is 2. The first-order valence-corrected chi connectivity index (χ1v) is 11.2. The van der Waals surface area contributed by atoms with Crippen LogP contribution >= 0.6 is 0 Å². The highest BCUT2D eigenvalue weighted by Crippen LogP contribution is 2.44. The Hall–Kier alpha value is -3.94. The third-order valence-electron chi connectivity index (χ3n) is 6.34. The second-order valence-corrected chi connectivity index (χ2v) is 8.56. The summed E-state index contributed by atoms with van der Waals surface area (Å²) < 4.78 is 47.1. The zero-order valence-electron chi connectivity index (χ0n) is 18.9. The van der Waals surface area contributed by atoms with E-state index in [-0.39, 0.29) is 17.5 Å². The van der Waals surface area contributed by atoms with Gasteiger partial charge in [0.25, 0.3) is 0 Å². The summed E-state index contributed by atoms with van der Waals surface area (Å²) >= 11 is 0.